The summed E-state index contributed by atoms with van der Waals surface area (Å²) in [5.41, 5.74) is 8.36. The summed E-state index contributed by atoms with van der Waals surface area (Å²) >= 11 is 0. The molecule has 184 valence electrons. The predicted molar refractivity (Wildman–Crippen MR) is 143 cm³/mol. The minimum Gasteiger partial charge on any atom is -0.368 e. The smallest absolute Gasteiger partial charge is 0.225 e. The van der Waals surface area contributed by atoms with Crippen LogP contribution in [0.3, 0.4) is 0 Å². The summed E-state index contributed by atoms with van der Waals surface area (Å²) in [6.07, 6.45) is 11.9. The fraction of sp³-hybridized carbons (Fsp3) is 0.448. The Bertz CT molecular complexity index is 1420. The molecule has 0 amide bonds. The van der Waals surface area contributed by atoms with Crippen molar-refractivity contribution >= 4 is 22.7 Å². The van der Waals surface area contributed by atoms with E-state index in [0.29, 0.717) is 5.41 Å². The normalized spacial score (nSPS) is 21.0. The SMILES string of the molecule is Cc1ccccc1-c1cc2c3c([nH]c2nn1)CCN(c1ncc(N2CCC4(CCCC4)C2)cn1)C3C. The van der Waals surface area contributed by atoms with Crippen LogP contribution in [0, 0.1) is 12.3 Å². The summed E-state index contributed by atoms with van der Waals surface area (Å²) < 4.78 is 0. The van der Waals surface area contributed by atoms with Gasteiger partial charge in [-0.1, -0.05) is 37.1 Å². The highest BCUT2D eigenvalue weighted by atomic mass is 15.3. The number of aryl methyl sites for hydroxylation is 1. The van der Waals surface area contributed by atoms with Gasteiger partial charge in [-0.15, -0.1) is 10.2 Å². The molecule has 7 heteroatoms. The Hall–Kier alpha value is -3.48. The molecule has 1 spiro atoms. The fourth-order valence-corrected chi connectivity index (χ4v) is 6.90. The van der Waals surface area contributed by atoms with E-state index in [1.54, 1.807) is 0 Å². The average Bonchev–Trinajstić information content (AvgIpc) is 3.64. The third-order valence-corrected chi connectivity index (χ3v) is 8.94. The Labute approximate surface area is 212 Å². The first kappa shape index (κ1) is 21.8. The molecule has 0 radical (unpaired) electrons. The summed E-state index contributed by atoms with van der Waals surface area (Å²) in [6, 6.07) is 10.7. The molecule has 0 bridgehead atoms. The molecule has 2 aliphatic heterocycles. The van der Waals surface area contributed by atoms with Crippen LogP contribution in [0.2, 0.25) is 0 Å². The molecule has 5 heterocycles. The topological polar surface area (TPSA) is 73.8 Å². The molecule has 1 aliphatic carbocycles. The Morgan fingerprint density at radius 1 is 1.00 bits per heavy atom. The van der Waals surface area contributed by atoms with E-state index < -0.39 is 0 Å². The second-order valence-corrected chi connectivity index (χ2v) is 11.1. The number of anilines is 2. The largest absolute Gasteiger partial charge is 0.368 e. The molecule has 1 saturated carbocycles. The number of fused-ring (bicyclic) bond motifs is 3. The van der Waals surface area contributed by atoms with Crippen molar-refractivity contribution in [2.75, 3.05) is 29.4 Å². The van der Waals surface area contributed by atoms with Crippen LogP contribution in [0.1, 0.15) is 61.9 Å². The van der Waals surface area contributed by atoms with Crippen molar-refractivity contribution in [3.05, 3.63) is 59.5 Å². The van der Waals surface area contributed by atoms with Crippen molar-refractivity contribution in [2.24, 2.45) is 5.41 Å². The van der Waals surface area contributed by atoms with Gasteiger partial charge in [0.05, 0.1) is 29.8 Å². The third kappa shape index (κ3) is 3.47. The molecule has 1 aromatic carbocycles. The Kier molecular flexibility index (Phi) is 5.01. The number of aromatic amines is 1. The van der Waals surface area contributed by atoms with Crippen LogP contribution >= 0.6 is 0 Å². The van der Waals surface area contributed by atoms with Crippen LogP contribution in [0.25, 0.3) is 22.3 Å². The van der Waals surface area contributed by atoms with Gasteiger partial charge in [-0.2, -0.15) is 0 Å². The van der Waals surface area contributed by atoms with E-state index >= 15 is 0 Å². The van der Waals surface area contributed by atoms with Crippen LogP contribution in [-0.2, 0) is 6.42 Å². The first-order valence-electron chi connectivity index (χ1n) is 13.4. The van der Waals surface area contributed by atoms with Gasteiger partial charge in [0.2, 0.25) is 5.95 Å². The lowest BCUT2D eigenvalue weighted by Crippen LogP contribution is -2.35. The number of aromatic nitrogens is 5. The molecule has 7 rings (SSSR count). The first-order valence-corrected chi connectivity index (χ1v) is 13.4. The van der Waals surface area contributed by atoms with Crippen molar-refractivity contribution in [3.8, 4) is 11.3 Å². The first-order chi connectivity index (χ1) is 17.6. The Balaban J connectivity index is 1.17. The maximum atomic E-state index is 4.86. The summed E-state index contributed by atoms with van der Waals surface area (Å²) in [7, 11) is 0. The summed E-state index contributed by atoms with van der Waals surface area (Å²) in [4.78, 5) is 18.1. The third-order valence-electron chi connectivity index (χ3n) is 8.94. The van der Waals surface area contributed by atoms with Crippen LogP contribution in [0.5, 0.6) is 0 Å². The number of nitrogens with zero attached hydrogens (tertiary/aromatic N) is 6. The molecular weight excluding hydrogens is 446 g/mol. The van der Waals surface area contributed by atoms with Gasteiger partial charge in [-0.05, 0) is 50.2 Å². The number of H-pyrrole nitrogens is 1. The van der Waals surface area contributed by atoms with E-state index in [0.717, 1.165) is 53.4 Å². The average molecular weight is 480 g/mol. The van der Waals surface area contributed by atoms with Gasteiger partial charge >= 0.3 is 0 Å². The molecule has 7 nitrogen and oxygen atoms in total. The van der Waals surface area contributed by atoms with Gasteiger partial charge < -0.3 is 14.8 Å². The van der Waals surface area contributed by atoms with Gasteiger partial charge in [0.15, 0.2) is 5.65 Å². The molecule has 1 saturated heterocycles. The van der Waals surface area contributed by atoms with Crippen LogP contribution in [0.15, 0.2) is 42.7 Å². The molecule has 1 unspecified atom stereocenters. The molecule has 3 aliphatic rings. The Morgan fingerprint density at radius 2 is 1.81 bits per heavy atom. The highest BCUT2D eigenvalue weighted by molar-refractivity contribution is 5.86. The number of hydrogen-bond donors (Lipinski definition) is 1. The van der Waals surface area contributed by atoms with Crippen molar-refractivity contribution < 1.29 is 0 Å². The van der Waals surface area contributed by atoms with Gasteiger partial charge in [-0.3, -0.25) is 0 Å². The van der Waals surface area contributed by atoms with Crippen molar-refractivity contribution in [2.45, 2.75) is 58.4 Å². The van der Waals surface area contributed by atoms with Crippen molar-refractivity contribution in [3.63, 3.8) is 0 Å². The van der Waals surface area contributed by atoms with E-state index in [9.17, 15) is 0 Å². The number of benzene rings is 1. The number of nitrogens with one attached hydrogen (secondary N) is 1. The van der Waals surface area contributed by atoms with Crippen molar-refractivity contribution in [1.29, 1.82) is 0 Å². The zero-order chi connectivity index (χ0) is 24.3. The standard InChI is InChI=1S/C29H33N7/c1-19-7-3-4-8-22(19)25-15-23-26-20(2)36(13-9-24(26)32-27(23)34-33-25)28-30-16-21(17-31-28)35-14-12-29(18-35)10-5-6-11-29/h3-4,7-8,15-17,20H,5-6,9-14,18H2,1-2H3,(H,32,34). The molecule has 2 fully saturated rings. The van der Waals surface area contributed by atoms with Crippen molar-refractivity contribution in [1.82, 2.24) is 25.1 Å². The van der Waals surface area contributed by atoms with Gasteiger partial charge in [0.25, 0.3) is 0 Å². The Morgan fingerprint density at radius 3 is 2.61 bits per heavy atom. The summed E-state index contributed by atoms with van der Waals surface area (Å²) in [5.74, 6) is 0.808. The zero-order valence-corrected chi connectivity index (χ0v) is 21.2. The molecule has 1 atom stereocenters. The van der Waals surface area contributed by atoms with E-state index in [2.05, 4.69) is 69.2 Å². The number of hydrogen-bond acceptors (Lipinski definition) is 6. The van der Waals surface area contributed by atoms with Gasteiger partial charge in [0, 0.05) is 48.3 Å². The second-order valence-electron chi connectivity index (χ2n) is 11.1. The molecular formula is C29H33N7. The fourth-order valence-electron chi connectivity index (χ4n) is 6.90. The summed E-state index contributed by atoms with van der Waals surface area (Å²) in [5, 5.41) is 10.2. The quantitative estimate of drug-likeness (QED) is 0.411. The van der Waals surface area contributed by atoms with Crippen LogP contribution in [-0.4, -0.2) is 44.8 Å². The lowest BCUT2D eigenvalue weighted by molar-refractivity contribution is 0.341. The minimum atomic E-state index is 0.149. The zero-order valence-electron chi connectivity index (χ0n) is 21.2. The highest BCUT2D eigenvalue weighted by Crippen LogP contribution is 2.46. The number of rotatable bonds is 3. The second kappa shape index (κ2) is 8.29. The van der Waals surface area contributed by atoms with E-state index in [-0.39, 0.29) is 6.04 Å². The van der Waals surface area contributed by atoms with E-state index in [4.69, 9.17) is 9.97 Å². The highest BCUT2D eigenvalue weighted by Gasteiger charge is 2.40. The van der Waals surface area contributed by atoms with Gasteiger partial charge in [-0.25, -0.2) is 9.97 Å². The monoisotopic (exact) mass is 479 g/mol. The lowest BCUT2D eigenvalue weighted by Gasteiger charge is -2.34. The van der Waals surface area contributed by atoms with E-state index in [1.165, 1.54) is 55.5 Å². The predicted octanol–water partition coefficient (Wildman–Crippen LogP) is 5.62. The molecule has 3 aromatic heterocycles. The lowest BCUT2D eigenvalue weighted by atomic mass is 9.86. The maximum absolute atomic E-state index is 4.86. The molecule has 36 heavy (non-hydrogen) atoms. The van der Waals surface area contributed by atoms with Gasteiger partial charge in [0.1, 0.15) is 0 Å². The van der Waals surface area contributed by atoms with Crippen LogP contribution < -0.4 is 9.80 Å². The maximum Gasteiger partial charge on any atom is 0.225 e. The van der Waals surface area contributed by atoms with Crippen LogP contribution in [0.4, 0.5) is 11.6 Å². The molecule has 4 aromatic rings. The van der Waals surface area contributed by atoms with E-state index in [1.807, 2.05) is 12.4 Å². The minimum absolute atomic E-state index is 0.149. The summed E-state index contributed by atoms with van der Waals surface area (Å²) in [6.45, 7) is 7.55. The molecule has 1 N–H and O–H groups in total.